The average molecular weight is 186 g/mol. The van der Waals surface area contributed by atoms with E-state index in [4.69, 9.17) is 14.6 Å². The van der Waals surface area contributed by atoms with Gasteiger partial charge in [-0.15, -0.1) is 0 Å². The smallest absolute Gasteiger partial charge is 0.222 e. The zero-order valence-electron chi connectivity index (χ0n) is 8.54. The van der Waals surface area contributed by atoms with E-state index in [1.54, 1.807) is 0 Å². The van der Waals surface area contributed by atoms with Gasteiger partial charge in [-0.25, -0.2) is 0 Å². The van der Waals surface area contributed by atoms with E-state index in [0.717, 1.165) is 0 Å². The molecular weight excluding hydrogens is 168 g/mol. The van der Waals surface area contributed by atoms with Crippen LogP contribution in [0, 0.1) is 11.8 Å². The highest BCUT2D eigenvalue weighted by atomic mass is 16.7. The Balaban J connectivity index is 3.95. The van der Waals surface area contributed by atoms with Crippen molar-refractivity contribution in [2.45, 2.75) is 39.6 Å². The number of ether oxygens (including phenoxy) is 2. The first kappa shape index (κ1) is 12.4. The molecule has 3 nitrogen and oxygen atoms in total. The van der Waals surface area contributed by atoms with Crippen LogP contribution in [0.15, 0.2) is 0 Å². The van der Waals surface area contributed by atoms with E-state index < -0.39 is 12.4 Å². The lowest BCUT2D eigenvalue weighted by Crippen LogP contribution is -2.15. The number of hydrogen-bond acceptors (Lipinski definition) is 3. The molecule has 0 aliphatic carbocycles. The zero-order chi connectivity index (χ0) is 10.1. The SMILES string of the molecule is CCOC(C#CC(O)CC)OCC. The van der Waals surface area contributed by atoms with Crippen LogP contribution in [0.4, 0.5) is 0 Å². The Hall–Kier alpha value is -0.560. The lowest BCUT2D eigenvalue weighted by atomic mass is 10.3. The largest absolute Gasteiger partial charge is 0.380 e. The normalized spacial score (nSPS) is 12.4. The Labute approximate surface area is 80.0 Å². The van der Waals surface area contributed by atoms with Crippen molar-refractivity contribution in [2.24, 2.45) is 0 Å². The van der Waals surface area contributed by atoms with E-state index in [-0.39, 0.29) is 0 Å². The topological polar surface area (TPSA) is 38.7 Å². The van der Waals surface area contributed by atoms with Gasteiger partial charge in [-0.05, 0) is 26.2 Å². The maximum Gasteiger partial charge on any atom is 0.222 e. The molecule has 1 unspecified atom stereocenters. The van der Waals surface area contributed by atoms with Crippen LogP contribution < -0.4 is 0 Å². The third kappa shape index (κ3) is 6.59. The van der Waals surface area contributed by atoms with Gasteiger partial charge in [-0.2, -0.15) is 0 Å². The Morgan fingerprint density at radius 3 is 2.00 bits per heavy atom. The van der Waals surface area contributed by atoms with Crippen molar-refractivity contribution < 1.29 is 14.6 Å². The first-order valence-corrected chi connectivity index (χ1v) is 4.66. The van der Waals surface area contributed by atoms with Gasteiger partial charge in [0.15, 0.2) is 0 Å². The van der Waals surface area contributed by atoms with Crippen molar-refractivity contribution in [3.63, 3.8) is 0 Å². The Kier molecular flexibility index (Phi) is 7.71. The molecule has 0 rings (SSSR count). The number of rotatable bonds is 5. The molecule has 0 fully saturated rings. The van der Waals surface area contributed by atoms with Crippen LogP contribution in [0.3, 0.4) is 0 Å². The van der Waals surface area contributed by atoms with E-state index in [1.807, 2.05) is 20.8 Å². The van der Waals surface area contributed by atoms with Crippen molar-refractivity contribution in [1.29, 1.82) is 0 Å². The summed E-state index contributed by atoms with van der Waals surface area (Å²) in [5.74, 6) is 5.39. The predicted molar refractivity (Wildman–Crippen MR) is 51.1 cm³/mol. The molecule has 1 atom stereocenters. The number of aliphatic hydroxyl groups excluding tert-OH is 1. The van der Waals surface area contributed by atoms with Crippen molar-refractivity contribution >= 4 is 0 Å². The lowest BCUT2D eigenvalue weighted by molar-refractivity contribution is -0.0971. The van der Waals surface area contributed by atoms with Gasteiger partial charge in [0.25, 0.3) is 0 Å². The van der Waals surface area contributed by atoms with Crippen LogP contribution in [-0.4, -0.2) is 30.7 Å². The summed E-state index contributed by atoms with van der Waals surface area (Å²) in [5.41, 5.74) is 0. The first-order valence-electron chi connectivity index (χ1n) is 4.66. The molecule has 0 heterocycles. The van der Waals surface area contributed by atoms with Crippen molar-refractivity contribution in [2.75, 3.05) is 13.2 Å². The highest BCUT2D eigenvalue weighted by Gasteiger charge is 2.02. The third-order valence-corrected chi connectivity index (χ3v) is 1.39. The van der Waals surface area contributed by atoms with Gasteiger partial charge in [-0.3, -0.25) is 0 Å². The Bertz CT molecular complexity index is 163. The molecule has 0 spiro atoms. The molecule has 3 heteroatoms. The minimum Gasteiger partial charge on any atom is -0.380 e. The summed E-state index contributed by atoms with van der Waals surface area (Å²) in [5, 5.41) is 9.16. The second-order valence-corrected chi connectivity index (χ2v) is 2.46. The summed E-state index contributed by atoms with van der Waals surface area (Å²) in [4.78, 5) is 0. The number of hydrogen-bond donors (Lipinski definition) is 1. The molecule has 76 valence electrons. The van der Waals surface area contributed by atoms with Crippen LogP contribution in [0.5, 0.6) is 0 Å². The van der Waals surface area contributed by atoms with Crippen LogP contribution in [0.25, 0.3) is 0 Å². The summed E-state index contributed by atoms with van der Waals surface area (Å²) in [6.45, 7) is 6.74. The van der Waals surface area contributed by atoms with E-state index in [0.29, 0.717) is 19.6 Å². The van der Waals surface area contributed by atoms with Crippen molar-refractivity contribution in [1.82, 2.24) is 0 Å². The average Bonchev–Trinajstić information content (AvgIpc) is 2.14. The zero-order valence-corrected chi connectivity index (χ0v) is 8.54. The molecule has 0 amide bonds. The van der Waals surface area contributed by atoms with Gasteiger partial charge in [-0.1, -0.05) is 12.8 Å². The van der Waals surface area contributed by atoms with Crippen molar-refractivity contribution in [3.8, 4) is 11.8 Å². The van der Waals surface area contributed by atoms with Gasteiger partial charge in [0, 0.05) is 13.2 Å². The Morgan fingerprint density at radius 1 is 1.08 bits per heavy atom. The quantitative estimate of drug-likeness (QED) is 0.517. The maximum atomic E-state index is 9.16. The third-order valence-electron chi connectivity index (χ3n) is 1.39. The van der Waals surface area contributed by atoms with Crippen LogP contribution in [0.1, 0.15) is 27.2 Å². The van der Waals surface area contributed by atoms with Crippen molar-refractivity contribution in [3.05, 3.63) is 0 Å². The molecule has 0 saturated heterocycles. The summed E-state index contributed by atoms with van der Waals surface area (Å²) in [6, 6.07) is 0. The fourth-order valence-electron chi connectivity index (χ4n) is 0.700. The van der Waals surface area contributed by atoms with E-state index >= 15 is 0 Å². The van der Waals surface area contributed by atoms with Crippen LogP contribution in [0.2, 0.25) is 0 Å². The number of aliphatic hydroxyl groups is 1. The molecule has 0 aliphatic rings. The monoisotopic (exact) mass is 186 g/mol. The minimum absolute atomic E-state index is 0.504. The fraction of sp³-hybridized carbons (Fsp3) is 0.800. The second kappa shape index (κ2) is 8.06. The van der Waals surface area contributed by atoms with Crippen LogP contribution >= 0.6 is 0 Å². The maximum absolute atomic E-state index is 9.16. The van der Waals surface area contributed by atoms with E-state index in [2.05, 4.69) is 11.8 Å². The van der Waals surface area contributed by atoms with Gasteiger partial charge in [0.1, 0.15) is 6.10 Å². The molecule has 13 heavy (non-hydrogen) atoms. The molecule has 0 radical (unpaired) electrons. The molecule has 0 bridgehead atoms. The molecule has 0 aromatic carbocycles. The molecular formula is C10H18O3. The molecule has 1 N–H and O–H groups in total. The van der Waals surface area contributed by atoms with Gasteiger partial charge in [0.2, 0.25) is 6.29 Å². The second-order valence-electron chi connectivity index (χ2n) is 2.46. The predicted octanol–water partition coefficient (Wildman–Crippen LogP) is 1.16. The van der Waals surface area contributed by atoms with E-state index in [1.165, 1.54) is 0 Å². The van der Waals surface area contributed by atoms with Gasteiger partial charge >= 0.3 is 0 Å². The Morgan fingerprint density at radius 2 is 1.62 bits per heavy atom. The molecule has 0 saturated carbocycles. The molecule has 0 aromatic heterocycles. The molecule has 0 aliphatic heterocycles. The summed E-state index contributed by atoms with van der Waals surface area (Å²) < 4.78 is 10.3. The first-order chi connectivity index (χ1) is 6.24. The van der Waals surface area contributed by atoms with Gasteiger partial charge < -0.3 is 14.6 Å². The summed E-state index contributed by atoms with van der Waals surface area (Å²) in [6.07, 6.45) is -0.461. The highest BCUT2D eigenvalue weighted by molar-refractivity contribution is 5.06. The van der Waals surface area contributed by atoms with Crippen LogP contribution in [-0.2, 0) is 9.47 Å². The van der Waals surface area contributed by atoms with Gasteiger partial charge in [0.05, 0.1) is 0 Å². The fourth-order valence-corrected chi connectivity index (χ4v) is 0.700. The summed E-state index contributed by atoms with van der Waals surface area (Å²) >= 11 is 0. The molecule has 0 aromatic rings. The lowest BCUT2D eigenvalue weighted by Gasteiger charge is -2.09. The van der Waals surface area contributed by atoms with E-state index in [9.17, 15) is 0 Å². The minimum atomic E-state index is -0.580. The highest BCUT2D eigenvalue weighted by Crippen LogP contribution is 1.94. The summed E-state index contributed by atoms with van der Waals surface area (Å²) in [7, 11) is 0. The standard InChI is InChI=1S/C10H18O3/c1-4-9(11)7-8-10(12-5-2)13-6-3/h9-11H,4-6H2,1-3H3.